The van der Waals surface area contributed by atoms with Gasteiger partial charge in [-0.3, -0.25) is 14.4 Å². The molecule has 2 bridgehead atoms. The summed E-state index contributed by atoms with van der Waals surface area (Å²) < 4.78 is 77.9. The Morgan fingerprint density at radius 3 is 2.38 bits per heavy atom. The van der Waals surface area contributed by atoms with Gasteiger partial charge in [-0.2, -0.15) is 13.2 Å². The third kappa shape index (κ3) is 6.23. The molecule has 2 N–H and O–H groups in total. The van der Waals surface area contributed by atoms with Crippen LogP contribution in [0.25, 0.3) is 0 Å². The van der Waals surface area contributed by atoms with E-state index in [1.807, 2.05) is 0 Å². The van der Waals surface area contributed by atoms with Crippen LogP contribution in [0.5, 0.6) is 5.75 Å². The number of alkyl halides is 3. The maximum Gasteiger partial charge on any atom is 0.416 e. The summed E-state index contributed by atoms with van der Waals surface area (Å²) in [6, 6.07) is 6.78. The third-order valence-electron chi connectivity index (χ3n) is 6.62. The van der Waals surface area contributed by atoms with Crippen molar-refractivity contribution in [2.45, 2.75) is 68.8 Å². The molecule has 2 fully saturated rings. The molecule has 1 heterocycles. The number of nitrogens with one attached hydrogen (secondary N) is 2. The number of carbonyl (C=O) groups is 2. The number of anilines is 2. The molecule has 2 amide bonds. The van der Waals surface area contributed by atoms with Crippen molar-refractivity contribution in [3.05, 3.63) is 48.0 Å². The summed E-state index contributed by atoms with van der Waals surface area (Å²) in [5, 5.41) is 2.73. The number of benzene rings is 2. The number of methoxy groups -OCH3 is 1. The molecule has 212 valence electrons. The first-order chi connectivity index (χ1) is 18.1. The van der Waals surface area contributed by atoms with E-state index in [4.69, 9.17) is 9.47 Å². The Morgan fingerprint density at radius 2 is 1.74 bits per heavy atom. The minimum Gasteiger partial charge on any atom is -0.495 e. The van der Waals surface area contributed by atoms with Gasteiger partial charge in [0.15, 0.2) is 0 Å². The van der Waals surface area contributed by atoms with Crippen molar-refractivity contribution in [3.8, 4) is 5.75 Å². The molecule has 39 heavy (non-hydrogen) atoms. The predicted octanol–water partition coefficient (Wildman–Crippen LogP) is 5.24. The largest absolute Gasteiger partial charge is 0.495 e. The number of nitrogens with zero attached hydrogens (tertiary/aromatic N) is 1. The summed E-state index contributed by atoms with van der Waals surface area (Å²) in [4.78, 5) is 27.3. The van der Waals surface area contributed by atoms with Crippen LogP contribution in [0.1, 0.15) is 45.6 Å². The number of hydrogen-bond donors (Lipinski definition) is 2. The van der Waals surface area contributed by atoms with Gasteiger partial charge in [0, 0.05) is 23.5 Å². The Morgan fingerprint density at radius 1 is 1.03 bits per heavy atom. The monoisotopic (exact) mass is 569 g/mol. The summed E-state index contributed by atoms with van der Waals surface area (Å²) in [6.07, 6.45) is -2.93. The van der Waals surface area contributed by atoms with E-state index in [9.17, 15) is 31.2 Å². The molecule has 2 aromatic carbocycles. The molecule has 2 aliphatic rings. The first-order valence-electron chi connectivity index (χ1n) is 12.3. The highest BCUT2D eigenvalue weighted by atomic mass is 32.2. The fourth-order valence-corrected chi connectivity index (χ4v) is 6.26. The summed E-state index contributed by atoms with van der Waals surface area (Å²) in [6.45, 7) is 5.24. The van der Waals surface area contributed by atoms with Crippen molar-refractivity contribution >= 4 is 33.4 Å². The van der Waals surface area contributed by atoms with Gasteiger partial charge in [0.2, 0.25) is 5.91 Å². The lowest BCUT2D eigenvalue weighted by atomic mass is 9.98. The lowest BCUT2D eigenvalue weighted by molar-refractivity contribution is -0.137. The van der Waals surface area contributed by atoms with Crippen molar-refractivity contribution in [1.82, 2.24) is 4.90 Å². The number of likely N-dealkylation sites (tertiary alicyclic amines) is 1. The van der Waals surface area contributed by atoms with Crippen LogP contribution < -0.4 is 14.8 Å². The van der Waals surface area contributed by atoms with Crippen LogP contribution in [0.3, 0.4) is 0 Å². The second-order valence-corrected chi connectivity index (χ2v) is 12.2. The fraction of sp³-hybridized carbons (Fsp3) is 0.462. The number of ether oxygens (including phenoxy) is 2. The van der Waals surface area contributed by atoms with Gasteiger partial charge in [0.05, 0.1) is 12.7 Å². The second-order valence-electron chi connectivity index (χ2n) is 10.6. The third-order valence-corrected chi connectivity index (χ3v) is 8.04. The highest BCUT2D eigenvalue weighted by molar-refractivity contribution is 7.92. The Hall–Kier alpha value is -3.48. The van der Waals surface area contributed by atoms with Crippen LogP contribution in [0.4, 0.5) is 29.3 Å². The number of halogens is 3. The minimum atomic E-state index is -4.64. The summed E-state index contributed by atoms with van der Waals surface area (Å²) in [5.74, 6) is -0.599. The summed E-state index contributed by atoms with van der Waals surface area (Å²) >= 11 is 0. The van der Waals surface area contributed by atoms with Crippen LogP contribution in [0.15, 0.2) is 47.4 Å². The molecule has 0 aromatic heterocycles. The molecule has 3 atom stereocenters. The number of rotatable bonds is 6. The first kappa shape index (κ1) is 28.5. The van der Waals surface area contributed by atoms with E-state index in [1.165, 1.54) is 36.3 Å². The molecular formula is C26H30F3N3O6S. The van der Waals surface area contributed by atoms with Crippen molar-refractivity contribution in [2.24, 2.45) is 5.92 Å². The standard InChI is InChI=1S/C26H30F3N3O6S/c1-25(2,3)38-24(34)32-19-10-8-15(12-19)22(32)23(33)30-17-9-11-21(20(14-17)37-4)39(35,36)31-18-7-5-6-16(13-18)26(27,28)29/h5-7,9,11,13-15,19,22,31H,8,10,12H2,1-4H3,(H,30,33). The molecule has 1 aliphatic carbocycles. The molecule has 9 nitrogen and oxygen atoms in total. The van der Waals surface area contributed by atoms with Gasteiger partial charge in [-0.15, -0.1) is 0 Å². The van der Waals surface area contributed by atoms with Crippen LogP contribution in [0.2, 0.25) is 0 Å². The van der Waals surface area contributed by atoms with Gasteiger partial charge < -0.3 is 14.8 Å². The van der Waals surface area contributed by atoms with Crippen LogP contribution in [-0.2, 0) is 25.7 Å². The maximum absolute atomic E-state index is 13.3. The number of carbonyl (C=O) groups excluding carboxylic acids is 2. The maximum atomic E-state index is 13.3. The topological polar surface area (TPSA) is 114 Å². The van der Waals surface area contributed by atoms with Gasteiger partial charge >= 0.3 is 12.3 Å². The van der Waals surface area contributed by atoms with E-state index < -0.39 is 45.4 Å². The average Bonchev–Trinajstić information content (AvgIpc) is 3.44. The zero-order valence-corrected chi connectivity index (χ0v) is 22.7. The van der Waals surface area contributed by atoms with E-state index in [0.717, 1.165) is 25.0 Å². The molecule has 13 heteroatoms. The van der Waals surface area contributed by atoms with Gasteiger partial charge in [0.25, 0.3) is 10.0 Å². The summed E-state index contributed by atoms with van der Waals surface area (Å²) in [7, 11) is -3.12. The zero-order chi connectivity index (χ0) is 28.8. The van der Waals surface area contributed by atoms with E-state index in [0.29, 0.717) is 12.5 Å². The van der Waals surface area contributed by atoms with Gasteiger partial charge in [-0.05, 0) is 76.3 Å². The molecule has 0 radical (unpaired) electrons. The molecule has 1 saturated carbocycles. The lowest BCUT2D eigenvalue weighted by Crippen LogP contribution is -2.52. The quantitative estimate of drug-likeness (QED) is 0.492. The van der Waals surface area contributed by atoms with Crippen molar-refractivity contribution in [3.63, 3.8) is 0 Å². The minimum absolute atomic E-state index is 0.0271. The molecule has 3 unspecified atom stereocenters. The van der Waals surface area contributed by atoms with Crippen molar-refractivity contribution in [2.75, 3.05) is 17.1 Å². The normalized spacial score (nSPS) is 21.0. The number of amides is 2. The lowest BCUT2D eigenvalue weighted by Gasteiger charge is -2.35. The molecule has 2 aromatic rings. The van der Waals surface area contributed by atoms with Crippen molar-refractivity contribution < 1.29 is 40.7 Å². The highest BCUT2D eigenvalue weighted by Crippen LogP contribution is 2.43. The van der Waals surface area contributed by atoms with Crippen LogP contribution >= 0.6 is 0 Å². The zero-order valence-electron chi connectivity index (χ0n) is 21.8. The second kappa shape index (κ2) is 10.2. The molecule has 1 saturated heterocycles. The molecule has 4 rings (SSSR count). The number of sulfonamides is 1. The Labute approximate surface area is 224 Å². The predicted molar refractivity (Wildman–Crippen MR) is 137 cm³/mol. The summed E-state index contributed by atoms with van der Waals surface area (Å²) in [5.41, 5.74) is -1.78. The van der Waals surface area contributed by atoms with Crippen LogP contribution in [-0.4, -0.2) is 50.1 Å². The highest BCUT2D eigenvalue weighted by Gasteiger charge is 2.52. The molecule has 1 aliphatic heterocycles. The van der Waals surface area contributed by atoms with E-state index in [-0.39, 0.29) is 34.0 Å². The van der Waals surface area contributed by atoms with Crippen LogP contribution in [0, 0.1) is 5.92 Å². The Balaban J connectivity index is 1.53. The fourth-order valence-electron chi connectivity index (χ4n) is 5.06. The number of piperidine rings is 1. The smallest absolute Gasteiger partial charge is 0.416 e. The SMILES string of the molecule is COc1cc(NC(=O)C2C3CCC(C3)N2C(=O)OC(C)(C)C)ccc1S(=O)(=O)Nc1cccc(C(F)(F)F)c1. The van der Waals surface area contributed by atoms with Gasteiger partial charge in [-0.1, -0.05) is 6.07 Å². The van der Waals surface area contributed by atoms with Crippen molar-refractivity contribution in [1.29, 1.82) is 0 Å². The van der Waals surface area contributed by atoms with Gasteiger partial charge in [0.1, 0.15) is 22.3 Å². The first-order valence-corrected chi connectivity index (χ1v) is 13.8. The Kier molecular flexibility index (Phi) is 7.50. The molecule has 0 spiro atoms. The number of fused-ring (bicyclic) bond motifs is 2. The Bertz CT molecular complexity index is 1370. The van der Waals surface area contributed by atoms with E-state index in [1.54, 1.807) is 20.8 Å². The number of hydrogen-bond acceptors (Lipinski definition) is 6. The van der Waals surface area contributed by atoms with E-state index in [2.05, 4.69) is 10.0 Å². The van der Waals surface area contributed by atoms with Gasteiger partial charge in [-0.25, -0.2) is 13.2 Å². The van der Waals surface area contributed by atoms with E-state index >= 15 is 0 Å². The average molecular weight is 570 g/mol. The molecular weight excluding hydrogens is 539 g/mol.